The fraction of sp³-hybridized carbons (Fsp3) is 0.500. The summed E-state index contributed by atoms with van der Waals surface area (Å²) in [6.07, 6.45) is 6.03. The molecule has 0 aromatic heterocycles. The first-order valence-electron chi connectivity index (χ1n) is 6.04. The summed E-state index contributed by atoms with van der Waals surface area (Å²) in [6.45, 7) is 0. The van der Waals surface area contributed by atoms with Crippen LogP contribution in [0, 0.1) is 5.92 Å². The molecule has 16 heavy (non-hydrogen) atoms. The van der Waals surface area contributed by atoms with E-state index < -0.39 is 0 Å². The van der Waals surface area contributed by atoms with Gasteiger partial charge in [-0.25, -0.2) is 0 Å². The quantitative estimate of drug-likeness (QED) is 0.711. The maximum atomic E-state index is 4.94. The van der Waals surface area contributed by atoms with Crippen molar-refractivity contribution in [2.75, 3.05) is 7.11 Å². The number of hydrogen-bond donors (Lipinski definition) is 0. The van der Waals surface area contributed by atoms with Crippen LogP contribution in [0.15, 0.2) is 35.5 Å². The third-order valence-corrected chi connectivity index (χ3v) is 3.24. The highest BCUT2D eigenvalue weighted by molar-refractivity contribution is 5.87. The molecule has 1 aliphatic carbocycles. The minimum Gasteiger partial charge on any atom is -0.399 e. The fourth-order valence-electron chi connectivity index (χ4n) is 2.42. The van der Waals surface area contributed by atoms with E-state index in [1.54, 1.807) is 7.11 Å². The van der Waals surface area contributed by atoms with Crippen LogP contribution in [0.3, 0.4) is 0 Å². The molecule has 0 bridgehead atoms. The zero-order valence-electron chi connectivity index (χ0n) is 9.86. The SMILES string of the molecule is CO/N=C1\CCCCC1Cc1ccccc1. The first kappa shape index (κ1) is 11.2. The van der Waals surface area contributed by atoms with E-state index in [-0.39, 0.29) is 0 Å². The Hall–Kier alpha value is -1.31. The lowest BCUT2D eigenvalue weighted by Crippen LogP contribution is -2.21. The Balaban J connectivity index is 2.04. The van der Waals surface area contributed by atoms with Gasteiger partial charge in [-0.1, -0.05) is 41.9 Å². The summed E-state index contributed by atoms with van der Waals surface area (Å²) in [6, 6.07) is 10.7. The number of nitrogens with zero attached hydrogens (tertiary/aromatic N) is 1. The Morgan fingerprint density at radius 2 is 2.06 bits per heavy atom. The van der Waals surface area contributed by atoms with Crippen molar-refractivity contribution in [2.24, 2.45) is 11.1 Å². The van der Waals surface area contributed by atoms with Crippen LogP contribution in [0.4, 0.5) is 0 Å². The molecule has 0 N–H and O–H groups in total. The molecule has 1 aromatic carbocycles. The molecule has 1 fully saturated rings. The van der Waals surface area contributed by atoms with E-state index >= 15 is 0 Å². The molecule has 1 atom stereocenters. The lowest BCUT2D eigenvalue weighted by molar-refractivity contribution is 0.208. The number of hydrogen-bond acceptors (Lipinski definition) is 2. The molecule has 0 amide bonds. The number of oxime groups is 1. The van der Waals surface area contributed by atoms with E-state index in [1.165, 1.54) is 30.5 Å². The van der Waals surface area contributed by atoms with E-state index in [0.29, 0.717) is 5.92 Å². The van der Waals surface area contributed by atoms with Gasteiger partial charge in [0.2, 0.25) is 0 Å². The summed E-state index contributed by atoms with van der Waals surface area (Å²) >= 11 is 0. The maximum absolute atomic E-state index is 4.94. The maximum Gasteiger partial charge on any atom is 0.106 e. The molecule has 2 rings (SSSR count). The minimum absolute atomic E-state index is 0.580. The smallest absolute Gasteiger partial charge is 0.106 e. The van der Waals surface area contributed by atoms with Gasteiger partial charge in [-0.2, -0.15) is 0 Å². The van der Waals surface area contributed by atoms with Crippen LogP contribution in [-0.2, 0) is 11.3 Å². The summed E-state index contributed by atoms with van der Waals surface area (Å²) in [4.78, 5) is 4.94. The van der Waals surface area contributed by atoms with Crippen molar-refractivity contribution >= 4 is 5.71 Å². The van der Waals surface area contributed by atoms with Crippen LogP contribution in [0.1, 0.15) is 31.2 Å². The minimum atomic E-state index is 0.580. The van der Waals surface area contributed by atoms with Gasteiger partial charge in [0.25, 0.3) is 0 Å². The van der Waals surface area contributed by atoms with Gasteiger partial charge in [0.15, 0.2) is 0 Å². The topological polar surface area (TPSA) is 21.6 Å². The standard InChI is InChI=1S/C14H19NO/c1-16-15-14-10-6-5-9-13(14)11-12-7-3-2-4-8-12/h2-4,7-8,13H,5-6,9-11H2,1H3/b15-14+. The summed E-state index contributed by atoms with van der Waals surface area (Å²) < 4.78 is 0. The van der Waals surface area contributed by atoms with E-state index in [2.05, 4.69) is 35.5 Å². The first-order chi connectivity index (χ1) is 7.90. The van der Waals surface area contributed by atoms with Crippen molar-refractivity contribution in [1.29, 1.82) is 0 Å². The summed E-state index contributed by atoms with van der Waals surface area (Å²) in [5, 5.41) is 4.18. The third kappa shape index (κ3) is 2.84. The highest BCUT2D eigenvalue weighted by Gasteiger charge is 2.21. The zero-order chi connectivity index (χ0) is 11.2. The summed E-state index contributed by atoms with van der Waals surface area (Å²) in [5.41, 5.74) is 2.65. The van der Waals surface area contributed by atoms with Crippen LogP contribution in [0.25, 0.3) is 0 Å². The monoisotopic (exact) mass is 217 g/mol. The molecular formula is C14H19NO. The van der Waals surface area contributed by atoms with Crippen LogP contribution < -0.4 is 0 Å². The second-order valence-corrected chi connectivity index (χ2v) is 4.40. The Morgan fingerprint density at radius 3 is 2.81 bits per heavy atom. The largest absolute Gasteiger partial charge is 0.399 e. The van der Waals surface area contributed by atoms with Gasteiger partial charge >= 0.3 is 0 Å². The van der Waals surface area contributed by atoms with Crippen molar-refractivity contribution in [3.63, 3.8) is 0 Å². The van der Waals surface area contributed by atoms with E-state index in [4.69, 9.17) is 4.84 Å². The Labute approximate surface area is 97.3 Å². The van der Waals surface area contributed by atoms with Gasteiger partial charge in [-0.3, -0.25) is 0 Å². The lowest BCUT2D eigenvalue weighted by Gasteiger charge is -2.23. The average molecular weight is 217 g/mol. The van der Waals surface area contributed by atoms with Gasteiger partial charge in [0.1, 0.15) is 7.11 Å². The number of benzene rings is 1. The van der Waals surface area contributed by atoms with Gasteiger partial charge in [-0.05, 0) is 31.2 Å². The summed E-state index contributed by atoms with van der Waals surface area (Å²) in [7, 11) is 1.64. The summed E-state index contributed by atoms with van der Waals surface area (Å²) in [5.74, 6) is 0.580. The van der Waals surface area contributed by atoms with Crippen molar-refractivity contribution < 1.29 is 4.84 Å². The predicted molar refractivity (Wildman–Crippen MR) is 66.5 cm³/mol. The second-order valence-electron chi connectivity index (χ2n) is 4.40. The molecule has 1 unspecified atom stereocenters. The van der Waals surface area contributed by atoms with Crippen LogP contribution >= 0.6 is 0 Å². The molecule has 1 aromatic rings. The highest BCUT2D eigenvalue weighted by Crippen LogP contribution is 2.25. The second kappa shape index (κ2) is 5.69. The van der Waals surface area contributed by atoms with Gasteiger partial charge in [-0.15, -0.1) is 0 Å². The molecule has 86 valence electrons. The molecule has 0 saturated heterocycles. The molecule has 0 radical (unpaired) electrons. The van der Waals surface area contributed by atoms with E-state index in [9.17, 15) is 0 Å². The van der Waals surface area contributed by atoms with Crippen molar-refractivity contribution in [2.45, 2.75) is 32.1 Å². The molecular weight excluding hydrogens is 198 g/mol. The zero-order valence-corrected chi connectivity index (χ0v) is 9.86. The highest BCUT2D eigenvalue weighted by atomic mass is 16.6. The molecule has 0 spiro atoms. The van der Waals surface area contributed by atoms with Crippen LogP contribution in [-0.4, -0.2) is 12.8 Å². The lowest BCUT2D eigenvalue weighted by atomic mass is 9.83. The predicted octanol–water partition coefficient (Wildman–Crippen LogP) is 3.42. The normalized spacial score (nSPS) is 23.3. The molecule has 1 saturated carbocycles. The molecule has 0 aliphatic heterocycles. The van der Waals surface area contributed by atoms with Gasteiger partial charge < -0.3 is 4.84 Å². The first-order valence-corrected chi connectivity index (χ1v) is 6.04. The Bertz CT molecular complexity index is 345. The molecule has 2 nitrogen and oxygen atoms in total. The van der Waals surface area contributed by atoms with Gasteiger partial charge in [0.05, 0.1) is 5.71 Å². The Morgan fingerprint density at radius 1 is 1.25 bits per heavy atom. The number of rotatable bonds is 3. The van der Waals surface area contributed by atoms with E-state index in [0.717, 1.165) is 12.8 Å². The van der Waals surface area contributed by atoms with Crippen LogP contribution in [0.2, 0.25) is 0 Å². The van der Waals surface area contributed by atoms with Crippen molar-refractivity contribution in [3.05, 3.63) is 35.9 Å². The molecule has 1 aliphatic rings. The van der Waals surface area contributed by atoms with Gasteiger partial charge in [0, 0.05) is 5.92 Å². The molecule has 0 heterocycles. The van der Waals surface area contributed by atoms with Crippen molar-refractivity contribution in [3.8, 4) is 0 Å². The van der Waals surface area contributed by atoms with Crippen molar-refractivity contribution in [1.82, 2.24) is 0 Å². The fourth-order valence-corrected chi connectivity index (χ4v) is 2.42. The average Bonchev–Trinajstić information content (AvgIpc) is 2.33. The Kier molecular flexibility index (Phi) is 3.97. The molecule has 2 heteroatoms. The third-order valence-electron chi connectivity index (χ3n) is 3.24. The van der Waals surface area contributed by atoms with Crippen LogP contribution in [0.5, 0.6) is 0 Å². The van der Waals surface area contributed by atoms with E-state index in [1.807, 2.05) is 0 Å².